The van der Waals surface area contributed by atoms with Crippen LogP contribution >= 0.6 is 11.6 Å². The second-order valence-corrected chi connectivity index (χ2v) is 3.40. The fourth-order valence-electron chi connectivity index (χ4n) is 1.16. The van der Waals surface area contributed by atoms with E-state index in [-0.39, 0.29) is 0 Å². The van der Waals surface area contributed by atoms with Gasteiger partial charge in [0.1, 0.15) is 6.61 Å². The van der Waals surface area contributed by atoms with Gasteiger partial charge in [-0.05, 0) is 25.1 Å². The van der Waals surface area contributed by atoms with Crippen LogP contribution in [-0.4, -0.2) is 24.2 Å². The van der Waals surface area contributed by atoms with Gasteiger partial charge < -0.3 is 10.1 Å². The molecule has 2 rings (SSSR count). The maximum Gasteiger partial charge on any atom is 0.171 e. The van der Waals surface area contributed by atoms with E-state index in [0.29, 0.717) is 23.6 Å². The molecule has 0 unspecified atom stereocenters. The lowest BCUT2D eigenvalue weighted by Crippen LogP contribution is -2.46. The fraction of sp³-hybridized carbons (Fsp3) is 0.444. The number of aromatic nitrogens is 1. The summed E-state index contributed by atoms with van der Waals surface area (Å²) in [4.78, 5) is 3.92. The lowest BCUT2D eigenvalue weighted by molar-refractivity contribution is 0.217. The highest BCUT2D eigenvalue weighted by Crippen LogP contribution is 2.20. The van der Waals surface area contributed by atoms with Crippen LogP contribution in [0, 0.1) is 0 Å². The van der Waals surface area contributed by atoms with Crippen molar-refractivity contribution in [2.45, 2.75) is 12.5 Å². The highest BCUT2D eigenvalue weighted by atomic mass is 35.5. The summed E-state index contributed by atoms with van der Waals surface area (Å²) < 4.78 is 5.48. The van der Waals surface area contributed by atoms with Crippen LogP contribution in [0.25, 0.3) is 0 Å². The second-order valence-electron chi connectivity index (χ2n) is 3.04. The van der Waals surface area contributed by atoms with Crippen molar-refractivity contribution in [3.8, 4) is 5.75 Å². The van der Waals surface area contributed by atoms with Gasteiger partial charge >= 0.3 is 0 Å². The molecule has 1 atom stereocenters. The Morgan fingerprint density at radius 1 is 1.69 bits per heavy atom. The molecule has 3 nitrogen and oxygen atoms in total. The van der Waals surface area contributed by atoms with Crippen LogP contribution < -0.4 is 10.1 Å². The molecule has 1 aliphatic heterocycles. The van der Waals surface area contributed by atoms with Gasteiger partial charge in [0.2, 0.25) is 0 Å². The zero-order valence-corrected chi connectivity index (χ0v) is 7.92. The largest absolute Gasteiger partial charge is 0.489 e. The molecule has 13 heavy (non-hydrogen) atoms. The zero-order valence-electron chi connectivity index (χ0n) is 7.16. The highest BCUT2D eigenvalue weighted by Gasteiger charge is 2.17. The maximum atomic E-state index is 5.81. The molecule has 2 heterocycles. The Labute approximate surface area is 82.1 Å². The molecule has 1 saturated heterocycles. The van der Waals surface area contributed by atoms with Crippen LogP contribution in [0.2, 0.25) is 5.15 Å². The van der Waals surface area contributed by atoms with E-state index < -0.39 is 0 Å². The van der Waals surface area contributed by atoms with Crippen molar-refractivity contribution in [1.82, 2.24) is 10.3 Å². The summed E-state index contributed by atoms with van der Waals surface area (Å²) in [5.74, 6) is 0.665. The van der Waals surface area contributed by atoms with Crippen LogP contribution in [0.3, 0.4) is 0 Å². The lowest BCUT2D eigenvalue weighted by Gasteiger charge is -2.27. The molecular weight excluding hydrogens is 188 g/mol. The Kier molecular flexibility index (Phi) is 2.66. The summed E-state index contributed by atoms with van der Waals surface area (Å²) in [6.07, 6.45) is 2.83. The van der Waals surface area contributed by atoms with Crippen molar-refractivity contribution in [1.29, 1.82) is 0 Å². The number of ether oxygens (including phenoxy) is 1. The average Bonchev–Trinajstić information content (AvgIpc) is 2.05. The van der Waals surface area contributed by atoms with E-state index >= 15 is 0 Å². The van der Waals surface area contributed by atoms with Crippen molar-refractivity contribution in [2.75, 3.05) is 13.2 Å². The van der Waals surface area contributed by atoms with Gasteiger partial charge in [0.15, 0.2) is 10.9 Å². The number of hydrogen-bond donors (Lipinski definition) is 1. The second kappa shape index (κ2) is 3.94. The van der Waals surface area contributed by atoms with E-state index in [9.17, 15) is 0 Å². The third kappa shape index (κ3) is 2.11. The molecule has 0 aromatic carbocycles. The molecule has 4 heteroatoms. The Balaban J connectivity index is 1.89. The number of nitrogens with zero attached hydrogens (tertiary/aromatic N) is 1. The molecule has 1 aromatic heterocycles. The molecule has 0 radical (unpaired) electrons. The lowest BCUT2D eigenvalue weighted by atomic mass is 10.1. The van der Waals surface area contributed by atoms with Gasteiger partial charge in [-0.25, -0.2) is 4.98 Å². The topological polar surface area (TPSA) is 34.1 Å². The maximum absolute atomic E-state index is 5.81. The number of rotatable bonds is 3. The van der Waals surface area contributed by atoms with E-state index in [1.165, 1.54) is 6.42 Å². The molecule has 0 amide bonds. The minimum Gasteiger partial charge on any atom is -0.489 e. The summed E-state index contributed by atoms with van der Waals surface area (Å²) >= 11 is 5.81. The Hall–Kier alpha value is -0.800. The molecule has 0 spiro atoms. The first-order valence-electron chi connectivity index (χ1n) is 4.33. The molecule has 1 N–H and O–H groups in total. The minimum absolute atomic E-state index is 0.432. The molecule has 1 aromatic rings. The normalized spacial score (nSPS) is 20.8. The predicted octanol–water partition coefficient (Wildman–Crippen LogP) is 1.48. The van der Waals surface area contributed by atoms with E-state index in [1.807, 2.05) is 12.1 Å². The van der Waals surface area contributed by atoms with Gasteiger partial charge in [-0.3, -0.25) is 0 Å². The van der Waals surface area contributed by atoms with Gasteiger partial charge in [-0.1, -0.05) is 11.6 Å². The van der Waals surface area contributed by atoms with E-state index in [2.05, 4.69) is 10.3 Å². The Morgan fingerprint density at radius 2 is 2.54 bits per heavy atom. The molecule has 0 saturated carbocycles. The summed E-state index contributed by atoms with van der Waals surface area (Å²) in [6, 6.07) is 4.12. The third-order valence-electron chi connectivity index (χ3n) is 2.09. The summed E-state index contributed by atoms with van der Waals surface area (Å²) in [5, 5.41) is 3.68. The van der Waals surface area contributed by atoms with E-state index in [0.717, 1.165) is 6.54 Å². The Morgan fingerprint density at radius 3 is 3.15 bits per heavy atom. The number of hydrogen-bond acceptors (Lipinski definition) is 3. The van der Waals surface area contributed by atoms with Gasteiger partial charge in [0, 0.05) is 12.2 Å². The summed E-state index contributed by atoms with van der Waals surface area (Å²) in [6.45, 7) is 1.76. The third-order valence-corrected chi connectivity index (χ3v) is 2.37. The van der Waals surface area contributed by atoms with Crippen molar-refractivity contribution in [2.24, 2.45) is 0 Å². The van der Waals surface area contributed by atoms with Gasteiger partial charge in [-0.15, -0.1) is 0 Å². The Bertz CT molecular complexity index is 289. The molecule has 70 valence electrons. The summed E-state index contributed by atoms with van der Waals surface area (Å²) in [7, 11) is 0. The van der Waals surface area contributed by atoms with Crippen molar-refractivity contribution in [3.05, 3.63) is 23.5 Å². The van der Waals surface area contributed by atoms with Gasteiger partial charge in [-0.2, -0.15) is 0 Å². The average molecular weight is 199 g/mol. The van der Waals surface area contributed by atoms with Crippen LogP contribution in [0.4, 0.5) is 0 Å². The highest BCUT2D eigenvalue weighted by molar-refractivity contribution is 6.30. The van der Waals surface area contributed by atoms with E-state index in [1.54, 1.807) is 6.20 Å². The summed E-state index contributed by atoms with van der Waals surface area (Å²) in [5.41, 5.74) is 0. The van der Waals surface area contributed by atoms with Crippen LogP contribution in [-0.2, 0) is 0 Å². The quantitative estimate of drug-likeness (QED) is 0.748. The first kappa shape index (κ1) is 8.78. The van der Waals surface area contributed by atoms with Gasteiger partial charge in [0.25, 0.3) is 0 Å². The zero-order chi connectivity index (χ0) is 9.10. The van der Waals surface area contributed by atoms with Crippen LogP contribution in [0.15, 0.2) is 18.3 Å². The molecule has 1 fully saturated rings. The van der Waals surface area contributed by atoms with Crippen LogP contribution in [0.1, 0.15) is 6.42 Å². The van der Waals surface area contributed by atoms with Gasteiger partial charge in [0.05, 0.1) is 0 Å². The first-order valence-corrected chi connectivity index (χ1v) is 4.71. The number of pyridine rings is 1. The molecule has 1 aliphatic rings. The fourth-order valence-corrected chi connectivity index (χ4v) is 1.33. The SMILES string of the molecule is Clc1ncccc1OC[C@H]1CCN1. The van der Waals surface area contributed by atoms with Crippen LogP contribution in [0.5, 0.6) is 5.75 Å². The minimum atomic E-state index is 0.432. The molecular formula is C9H11ClN2O. The van der Waals surface area contributed by atoms with Crippen molar-refractivity contribution in [3.63, 3.8) is 0 Å². The van der Waals surface area contributed by atoms with Crippen molar-refractivity contribution < 1.29 is 4.74 Å². The first-order chi connectivity index (χ1) is 6.36. The standard InChI is InChI=1S/C9H11ClN2O/c10-9-8(2-1-4-12-9)13-6-7-3-5-11-7/h1-2,4,7,11H,3,5-6H2/t7-/m1/s1. The van der Waals surface area contributed by atoms with Crippen molar-refractivity contribution >= 4 is 11.6 Å². The molecule has 0 aliphatic carbocycles. The monoisotopic (exact) mass is 198 g/mol. The number of nitrogens with one attached hydrogen (secondary N) is 1. The predicted molar refractivity (Wildman–Crippen MR) is 51.1 cm³/mol. The number of halogens is 1. The smallest absolute Gasteiger partial charge is 0.171 e. The van der Waals surface area contributed by atoms with E-state index in [4.69, 9.17) is 16.3 Å². The molecule has 0 bridgehead atoms.